The Balaban J connectivity index is 3.16. The molecule has 0 aromatic carbocycles. The Bertz CT molecular complexity index is 316. The molecule has 0 amide bonds. The van der Waals surface area contributed by atoms with E-state index in [9.17, 15) is 9.18 Å². The van der Waals surface area contributed by atoms with Crippen LogP contribution in [0.15, 0.2) is 16.9 Å². The third kappa shape index (κ3) is 1.61. The second kappa shape index (κ2) is 3.62. The Morgan fingerprint density at radius 3 is 3.00 bits per heavy atom. The van der Waals surface area contributed by atoms with Gasteiger partial charge in [0.1, 0.15) is 4.60 Å². The zero-order valence-electron chi connectivity index (χ0n) is 6.17. The average Bonchev–Trinajstić information content (AvgIpc) is 2.08. The zero-order valence-corrected chi connectivity index (χ0v) is 7.76. The Morgan fingerprint density at radius 1 is 1.75 bits per heavy atom. The molecule has 0 bridgehead atoms. The molecule has 0 aliphatic heterocycles. The summed E-state index contributed by atoms with van der Waals surface area (Å²) >= 11 is 2.85. The van der Waals surface area contributed by atoms with E-state index in [-0.39, 0.29) is 10.2 Å². The lowest BCUT2D eigenvalue weighted by Crippen LogP contribution is -2.05. The molecule has 1 aromatic rings. The number of nitrogens with zero attached hydrogens (tertiary/aromatic N) is 1. The number of hydrogen-bond acceptors (Lipinski definition) is 3. The van der Waals surface area contributed by atoms with Crippen LogP contribution in [0.3, 0.4) is 0 Å². The van der Waals surface area contributed by atoms with Crippen LogP contribution in [0.2, 0.25) is 0 Å². The number of ether oxygens (including phenoxy) is 1. The second-order valence-electron chi connectivity index (χ2n) is 1.95. The smallest absolute Gasteiger partial charge is 0.341 e. The molecule has 64 valence electrons. The lowest BCUT2D eigenvalue weighted by atomic mass is 10.3. The summed E-state index contributed by atoms with van der Waals surface area (Å²) in [5.41, 5.74) is -0.126. The third-order valence-corrected chi connectivity index (χ3v) is 1.80. The second-order valence-corrected chi connectivity index (χ2v) is 2.71. The van der Waals surface area contributed by atoms with E-state index in [4.69, 9.17) is 0 Å². The van der Waals surface area contributed by atoms with E-state index in [2.05, 4.69) is 25.7 Å². The number of rotatable bonds is 1. The molecule has 1 rings (SSSR count). The maximum atomic E-state index is 13.0. The molecule has 0 fully saturated rings. The van der Waals surface area contributed by atoms with Crippen LogP contribution in [0.1, 0.15) is 10.4 Å². The van der Waals surface area contributed by atoms with Crippen LogP contribution in [-0.2, 0) is 4.74 Å². The average molecular weight is 234 g/mol. The maximum absolute atomic E-state index is 13.0. The van der Waals surface area contributed by atoms with E-state index in [1.54, 1.807) is 0 Å². The first-order valence-electron chi connectivity index (χ1n) is 3.05. The Labute approximate surface area is 76.7 Å². The van der Waals surface area contributed by atoms with Crippen molar-refractivity contribution in [3.63, 3.8) is 0 Å². The van der Waals surface area contributed by atoms with Gasteiger partial charge in [0.15, 0.2) is 5.82 Å². The quantitative estimate of drug-likeness (QED) is 0.549. The van der Waals surface area contributed by atoms with Gasteiger partial charge >= 0.3 is 5.97 Å². The first-order chi connectivity index (χ1) is 5.66. The van der Waals surface area contributed by atoms with Crippen LogP contribution in [0, 0.1) is 5.82 Å². The summed E-state index contributed by atoms with van der Waals surface area (Å²) in [7, 11) is 1.19. The molecule has 0 saturated carbocycles. The van der Waals surface area contributed by atoms with Crippen LogP contribution >= 0.6 is 15.9 Å². The van der Waals surface area contributed by atoms with Gasteiger partial charge < -0.3 is 4.74 Å². The van der Waals surface area contributed by atoms with Gasteiger partial charge in [0.2, 0.25) is 0 Å². The highest BCUT2D eigenvalue weighted by atomic mass is 79.9. The molecule has 0 radical (unpaired) electrons. The van der Waals surface area contributed by atoms with Crippen LogP contribution in [-0.4, -0.2) is 18.1 Å². The number of hydrogen-bond donors (Lipinski definition) is 0. The van der Waals surface area contributed by atoms with Crippen molar-refractivity contribution in [1.82, 2.24) is 4.98 Å². The highest BCUT2D eigenvalue weighted by Gasteiger charge is 2.14. The molecule has 1 heterocycles. The fraction of sp³-hybridized carbons (Fsp3) is 0.143. The van der Waals surface area contributed by atoms with Crippen LogP contribution < -0.4 is 0 Å². The third-order valence-electron chi connectivity index (χ3n) is 1.25. The first kappa shape index (κ1) is 9.12. The zero-order chi connectivity index (χ0) is 9.14. The van der Waals surface area contributed by atoms with Crippen molar-refractivity contribution in [3.05, 3.63) is 28.2 Å². The molecule has 0 saturated heterocycles. The Kier molecular flexibility index (Phi) is 2.75. The summed E-state index contributed by atoms with van der Waals surface area (Å²) in [5.74, 6) is -1.42. The van der Waals surface area contributed by atoms with Crippen molar-refractivity contribution < 1.29 is 13.9 Å². The molecule has 0 atom stereocenters. The van der Waals surface area contributed by atoms with E-state index >= 15 is 0 Å². The van der Waals surface area contributed by atoms with Crippen LogP contribution in [0.4, 0.5) is 4.39 Å². The van der Waals surface area contributed by atoms with Gasteiger partial charge in [-0.2, -0.15) is 0 Å². The van der Waals surface area contributed by atoms with E-state index in [1.807, 2.05) is 0 Å². The van der Waals surface area contributed by atoms with Gasteiger partial charge in [-0.1, -0.05) is 0 Å². The van der Waals surface area contributed by atoms with Gasteiger partial charge in [-0.25, -0.2) is 14.2 Å². The monoisotopic (exact) mass is 233 g/mol. The fourth-order valence-corrected chi connectivity index (χ4v) is 1.02. The molecule has 0 N–H and O–H groups in total. The summed E-state index contributed by atoms with van der Waals surface area (Å²) in [6, 6.07) is 1.26. The number of carbonyl (C=O) groups is 1. The van der Waals surface area contributed by atoms with Crippen molar-refractivity contribution in [2.45, 2.75) is 0 Å². The lowest BCUT2D eigenvalue weighted by Gasteiger charge is -2.00. The fourth-order valence-electron chi connectivity index (χ4n) is 0.686. The van der Waals surface area contributed by atoms with Gasteiger partial charge in [-0.15, -0.1) is 0 Å². The van der Waals surface area contributed by atoms with E-state index in [1.165, 1.54) is 19.4 Å². The number of methoxy groups -OCH3 is 1. The normalized spacial score (nSPS) is 9.58. The predicted octanol–water partition coefficient (Wildman–Crippen LogP) is 1.77. The minimum absolute atomic E-state index is 0.00500. The van der Waals surface area contributed by atoms with Crippen molar-refractivity contribution in [1.29, 1.82) is 0 Å². The number of carbonyl (C=O) groups excluding carboxylic acids is 1. The van der Waals surface area contributed by atoms with E-state index < -0.39 is 11.8 Å². The molecule has 5 heteroatoms. The van der Waals surface area contributed by atoms with Crippen LogP contribution in [0.25, 0.3) is 0 Å². The molecule has 0 aliphatic carbocycles. The summed E-state index contributed by atoms with van der Waals surface area (Å²) in [6.45, 7) is 0. The minimum atomic E-state index is -0.712. The molecule has 1 aromatic heterocycles. The van der Waals surface area contributed by atoms with Crippen molar-refractivity contribution in [2.75, 3.05) is 7.11 Å². The standard InChI is InChI=1S/C7H5BrFNO2/c1-12-7(11)4-2-3-10-6(8)5(4)9/h2-3H,1H3. The number of aromatic nitrogens is 1. The first-order valence-corrected chi connectivity index (χ1v) is 3.84. The topological polar surface area (TPSA) is 39.2 Å². The van der Waals surface area contributed by atoms with Crippen molar-refractivity contribution >= 4 is 21.9 Å². The lowest BCUT2D eigenvalue weighted by molar-refractivity contribution is 0.0595. The Morgan fingerprint density at radius 2 is 2.42 bits per heavy atom. The molecule has 0 spiro atoms. The molecule has 12 heavy (non-hydrogen) atoms. The largest absolute Gasteiger partial charge is 0.465 e. The van der Waals surface area contributed by atoms with E-state index in [0.29, 0.717) is 0 Å². The summed E-state index contributed by atoms with van der Waals surface area (Å²) in [4.78, 5) is 14.5. The predicted molar refractivity (Wildman–Crippen MR) is 43.2 cm³/mol. The van der Waals surface area contributed by atoms with Gasteiger partial charge in [0.05, 0.1) is 12.7 Å². The maximum Gasteiger partial charge on any atom is 0.341 e. The highest BCUT2D eigenvalue weighted by molar-refractivity contribution is 9.10. The number of esters is 1. The molecular formula is C7H5BrFNO2. The number of pyridine rings is 1. The van der Waals surface area contributed by atoms with Gasteiger partial charge in [0, 0.05) is 6.20 Å². The van der Waals surface area contributed by atoms with Crippen molar-refractivity contribution in [2.24, 2.45) is 0 Å². The van der Waals surface area contributed by atoms with Gasteiger partial charge in [-0.3, -0.25) is 0 Å². The summed E-state index contributed by atoms with van der Waals surface area (Å²) < 4.78 is 17.4. The van der Waals surface area contributed by atoms with Crippen molar-refractivity contribution in [3.8, 4) is 0 Å². The SMILES string of the molecule is COC(=O)c1ccnc(Br)c1F. The molecule has 3 nitrogen and oxygen atoms in total. The van der Waals surface area contributed by atoms with Gasteiger partial charge in [-0.05, 0) is 22.0 Å². The molecule has 0 aliphatic rings. The molecule has 0 unspecified atom stereocenters. The summed E-state index contributed by atoms with van der Waals surface area (Å²) in [5, 5.41) is 0. The minimum Gasteiger partial charge on any atom is -0.465 e. The highest BCUT2D eigenvalue weighted by Crippen LogP contribution is 2.15. The Hall–Kier alpha value is -0.970. The number of halogens is 2. The summed E-state index contributed by atoms with van der Waals surface area (Å²) in [6.07, 6.45) is 1.32. The van der Waals surface area contributed by atoms with Gasteiger partial charge in [0.25, 0.3) is 0 Å². The van der Waals surface area contributed by atoms with Crippen LogP contribution in [0.5, 0.6) is 0 Å². The van der Waals surface area contributed by atoms with E-state index in [0.717, 1.165) is 0 Å². The molecular weight excluding hydrogens is 229 g/mol.